The molecule has 1 aromatic rings. The molecule has 0 aliphatic rings. The molecule has 0 saturated carbocycles. The number of carbonyl (C=O) groups excluding carboxylic acids is 1. The lowest BCUT2D eigenvalue weighted by Gasteiger charge is -2.26. The van der Waals surface area contributed by atoms with Gasteiger partial charge in [-0.2, -0.15) is 0 Å². The van der Waals surface area contributed by atoms with Crippen LogP contribution in [0.2, 0.25) is 0 Å². The highest BCUT2D eigenvalue weighted by Gasteiger charge is 2.19. The maximum absolute atomic E-state index is 12.0. The van der Waals surface area contributed by atoms with Crippen LogP contribution in [-0.4, -0.2) is 29.4 Å². The smallest absolute Gasteiger partial charge is 0.272 e. The van der Waals surface area contributed by atoms with Crippen molar-refractivity contribution in [1.82, 2.24) is 9.88 Å². The maximum Gasteiger partial charge on any atom is 0.272 e. The van der Waals surface area contributed by atoms with Crippen molar-refractivity contribution in [2.75, 3.05) is 19.3 Å². The molecule has 0 aromatic carbocycles. The molecule has 4 nitrogen and oxygen atoms in total. The van der Waals surface area contributed by atoms with E-state index in [9.17, 15) is 4.79 Å². The Balaban J connectivity index is 0.00000256. The number of hydrogen-bond donors (Lipinski definition) is 1. The van der Waals surface area contributed by atoms with Crippen LogP contribution in [0.1, 0.15) is 31.3 Å². The van der Waals surface area contributed by atoms with Crippen LogP contribution >= 0.6 is 12.4 Å². The topological polar surface area (TPSA) is 59.2 Å². The number of nitrogen functional groups attached to an aromatic ring is 1. The third kappa shape index (κ3) is 5.04. The third-order valence-corrected chi connectivity index (χ3v) is 2.06. The van der Waals surface area contributed by atoms with Crippen molar-refractivity contribution < 1.29 is 4.79 Å². The Kier molecular flexibility index (Phi) is 5.42. The zero-order valence-corrected chi connectivity index (χ0v) is 11.5. The molecule has 17 heavy (non-hydrogen) atoms. The minimum Gasteiger partial charge on any atom is -0.397 e. The first-order chi connectivity index (χ1) is 7.29. The first kappa shape index (κ1) is 15.7. The molecule has 1 aromatic heterocycles. The molecule has 1 rings (SSSR count). The number of nitrogens with two attached hydrogens (primary N) is 1. The lowest BCUT2D eigenvalue weighted by molar-refractivity contribution is 0.0740. The standard InChI is InChI=1S/C12H19N3O.ClH/c1-12(2,3)8-15(4)11(16)10-6-5-9(13)7-14-10;/h5-7H,8,13H2,1-4H3;1H. The summed E-state index contributed by atoms with van der Waals surface area (Å²) in [4.78, 5) is 17.6. The van der Waals surface area contributed by atoms with Gasteiger partial charge in [0, 0.05) is 13.6 Å². The summed E-state index contributed by atoms with van der Waals surface area (Å²) in [6.45, 7) is 6.96. The highest BCUT2D eigenvalue weighted by atomic mass is 35.5. The van der Waals surface area contributed by atoms with Crippen LogP contribution in [-0.2, 0) is 0 Å². The van der Waals surface area contributed by atoms with Crippen LogP contribution in [0.3, 0.4) is 0 Å². The lowest BCUT2D eigenvalue weighted by Crippen LogP contribution is -2.34. The van der Waals surface area contributed by atoms with Crippen LogP contribution in [0, 0.1) is 5.41 Å². The molecule has 1 amide bonds. The zero-order chi connectivity index (χ0) is 12.3. The first-order valence-electron chi connectivity index (χ1n) is 5.26. The first-order valence-corrected chi connectivity index (χ1v) is 5.26. The highest BCUT2D eigenvalue weighted by molar-refractivity contribution is 5.92. The average Bonchev–Trinajstić information content (AvgIpc) is 2.15. The second-order valence-electron chi connectivity index (χ2n) is 5.20. The van der Waals surface area contributed by atoms with Gasteiger partial charge in [-0.05, 0) is 17.5 Å². The zero-order valence-electron chi connectivity index (χ0n) is 10.7. The molecule has 0 spiro atoms. The summed E-state index contributed by atoms with van der Waals surface area (Å²) in [5.41, 5.74) is 6.60. The largest absolute Gasteiger partial charge is 0.397 e. The van der Waals surface area contributed by atoms with Gasteiger partial charge in [0.2, 0.25) is 0 Å². The Morgan fingerprint density at radius 3 is 2.41 bits per heavy atom. The molecule has 0 bridgehead atoms. The van der Waals surface area contributed by atoms with Gasteiger partial charge in [-0.3, -0.25) is 4.79 Å². The minimum absolute atomic E-state index is 0. The highest BCUT2D eigenvalue weighted by Crippen LogP contribution is 2.15. The summed E-state index contributed by atoms with van der Waals surface area (Å²) in [5.74, 6) is -0.0741. The van der Waals surface area contributed by atoms with Gasteiger partial charge in [-0.1, -0.05) is 20.8 Å². The maximum atomic E-state index is 12.0. The van der Waals surface area contributed by atoms with Gasteiger partial charge in [0.1, 0.15) is 5.69 Å². The summed E-state index contributed by atoms with van der Waals surface area (Å²) in [5, 5.41) is 0. The van der Waals surface area contributed by atoms with Crippen molar-refractivity contribution in [3.8, 4) is 0 Å². The van der Waals surface area contributed by atoms with E-state index in [0.29, 0.717) is 17.9 Å². The van der Waals surface area contributed by atoms with E-state index in [1.807, 2.05) is 0 Å². The number of anilines is 1. The minimum atomic E-state index is -0.0741. The Labute approximate surface area is 109 Å². The quantitative estimate of drug-likeness (QED) is 0.884. The molecule has 5 heteroatoms. The van der Waals surface area contributed by atoms with Gasteiger partial charge < -0.3 is 10.6 Å². The van der Waals surface area contributed by atoms with E-state index in [0.717, 1.165) is 0 Å². The molecule has 0 radical (unpaired) electrons. The molecule has 0 unspecified atom stereocenters. The number of aromatic nitrogens is 1. The number of carbonyl (C=O) groups is 1. The Hall–Kier alpha value is -1.29. The number of hydrogen-bond acceptors (Lipinski definition) is 3. The van der Waals surface area contributed by atoms with Crippen LogP contribution in [0.4, 0.5) is 5.69 Å². The van der Waals surface area contributed by atoms with Crippen molar-refractivity contribution in [2.45, 2.75) is 20.8 Å². The van der Waals surface area contributed by atoms with E-state index in [-0.39, 0.29) is 23.7 Å². The van der Waals surface area contributed by atoms with Gasteiger partial charge in [0.25, 0.3) is 5.91 Å². The van der Waals surface area contributed by atoms with E-state index in [1.165, 1.54) is 6.20 Å². The number of nitrogens with zero attached hydrogens (tertiary/aromatic N) is 2. The molecular weight excluding hydrogens is 238 g/mol. The van der Waals surface area contributed by atoms with Crippen LogP contribution in [0.5, 0.6) is 0 Å². The average molecular weight is 258 g/mol. The monoisotopic (exact) mass is 257 g/mol. The van der Waals surface area contributed by atoms with Crippen molar-refractivity contribution in [1.29, 1.82) is 0 Å². The van der Waals surface area contributed by atoms with Gasteiger partial charge in [-0.15, -0.1) is 12.4 Å². The molecule has 1 heterocycles. The lowest BCUT2D eigenvalue weighted by atomic mass is 9.96. The molecule has 2 N–H and O–H groups in total. The predicted molar refractivity (Wildman–Crippen MR) is 72.3 cm³/mol. The number of halogens is 1. The van der Waals surface area contributed by atoms with Crippen LogP contribution in [0.25, 0.3) is 0 Å². The summed E-state index contributed by atoms with van der Waals surface area (Å²) in [6, 6.07) is 3.34. The van der Waals surface area contributed by atoms with Crippen molar-refractivity contribution >= 4 is 24.0 Å². The molecule has 0 saturated heterocycles. The van der Waals surface area contributed by atoms with E-state index < -0.39 is 0 Å². The third-order valence-electron chi connectivity index (χ3n) is 2.06. The number of rotatable bonds is 2. The molecule has 0 aliphatic carbocycles. The van der Waals surface area contributed by atoms with Crippen molar-refractivity contribution in [3.05, 3.63) is 24.0 Å². The Morgan fingerprint density at radius 2 is 2.00 bits per heavy atom. The van der Waals surface area contributed by atoms with E-state index in [4.69, 9.17) is 5.73 Å². The van der Waals surface area contributed by atoms with Crippen molar-refractivity contribution in [2.24, 2.45) is 5.41 Å². The number of pyridine rings is 1. The van der Waals surface area contributed by atoms with Gasteiger partial charge in [0.15, 0.2) is 0 Å². The van der Waals surface area contributed by atoms with Gasteiger partial charge in [-0.25, -0.2) is 4.98 Å². The second-order valence-corrected chi connectivity index (χ2v) is 5.20. The van der Waals surface area contributed by atoms with Crippen LogP contribution < -0.4 is 5.73 Å². The summed E-state index contributed by atoms with van der Waals surface area (Å²) >= 11 is 0. The fourth-order valence-corrected chi connectivity index (χ4v) is 1.51. The van der Waals surface area contributed by atoms with Crippen LogP contribution in [0.15, 0.2) is 18.3 Å². The van der Waals surface area contributed by atoms with E-state index in [1.54, 1.807) is 24.1 Å². The van der Waals surface area contributed by atoms with Gasteiger partial charge in [0.05, 0.1) is 11.9 Å². The molecule has 0 fully saturated rings. The molecule has 96 valence electrons. The van der Waals surface area contributed by atoms with Crippen molar-refractivity contribution in [3.63, 3.8) is 0 Å². The second kappa shape index (κ2) is 5.87. The summed E-state index contributed by atoms with van der Waals surface area (Å²) in [6.07, 6.45) is 1.50. The summed E-state index contributed by atoms with van der Waals surface area (Å²) in [7, 11) is 1.78. The van der Waals surface area contributed by atoms with E-state index >= 15 is 0 Å². The fourth-order valence-electron chi connectivity index (χ4n) is 1.51. The normalized spacial score (nSPS) is 10.6. The fraction of sp³-hybridized carbons (Fsp3) is 0.500. The number of amides is 1. The Morgan fingerprint density at radius 1 is 1.41 bits per heavy atom. The molecule has 0 aliphatic heterocycles. The predicted octanol–water partition coefficient (Wildman–Crippen LogP) is 2.20. The van der Waals surface area contributed by atoms with E-state index in [2.05, 4.69) is 25.8 Å². The van der Waals surface area contributed by atoms with Gasteiger partial charge >= 0.3 is 0 Å². The SMILES string of the molecule is CN(CC(C)(C)C)C(=O)c1ccc(N)cn1.Cl. The Bertz CT molecular complexity index is 370. The summed E-state index contributed by atoms with van der Waals surface area (Å²) < 4.78 is 0. The molecular formula is C12H20ClN3O. The molecule has 0 atom stereocenters.